The number of hydrogen-bond acceptors (Lipinski definition) is 3. The number of benzene rings is 3. The molecule has 0 saturated heterocycles. The molecule has 0 saturated carbocycles. The molecule has 3 aromatic rings. The second-order valence-electron chi connectivity index (χ2n) is 7.90. The van der Waals surface area contributed by atoms with Gasteiger partial charge in [-0.2, -0.15) is 0 Å². The maximum absolute atomic E-state index is 14.2. The summed E-state index contributed by atoms with van der Waals surface area (Å²) in [5.41, 5.74) is 1.27. The third-order valence-electron chi connectivity index (χ3n) is 4.84. The van der Waals surface area contributed by atoms with Crippen LogP contribution in [0.25, 0.3) is 0 Å². The van der Waals surface area contributed by atoms with Gasteiger partial charge in [0.1, 0.15) is 11.6 Å². The number of halogens is 4. The minimum atomic E-state index is -0.517. The van der Waals surface area contributed by atoms with Crippen molar-refractivity contribution >= 4 is 23.2 Å². The van der Waals surface area contributed by atoms with Crippen LogP contribution in [0.5, 0.6) is 17.2 Å². The van der Waals surface area contributed by atoms with E-state index in [1.165, 1.54) is 30.3 Å². The van der Waals surface area contributed by atoms with Gasteiger partial charge >= 0.3 is 0 Å². The molecule has 0 fully saturated rings. The monoisotopic (exact) mass is 480 g/mol. The van der Waals surface area contributed by atoms with E-state index in [-0.39, 0.29) is 17.8 Å². The second kappa shape index (κ2) is 10.5. The predicted molar refractivity (Wildman–Crippen MR) is 123 cm³/mol. The topological polar surface area (TPSA) is 27.7 Å². The van der Waals surface area contributed by atoms with Crippen molar-refractivity contribution in [2.45, 2.75) is 32.8 Å². The molecule has 0 radical (unpaired) electrons. The van der Waals surface area contributed by atoms with Gasteiger partial charge < -0.3 is 14.2 Å². The first-order valence-corrected chi connectivity index (χ1v) is 10.9. The molecule has 0 aliphatic heterocycles. The largest absolute Gasteiger partial charge is 0.491 e. The maximum Gasteiger partial charge on any atom is 0.165 e. The lowest BCUT2D eigenvalue weighted by Gasteiger charge is -2.26. The van der Waals surface area contributed by atoms with Gasteiger partial charge in [0.25, 0.3) is 0 Å². The molecule has 0 unspecified atom stereocenters. The first-order valence-electron chi connectivity index (χ1n) is 10.1. The highest BCUT2D eigenvalue weighted by Crippen LogP contribution is 2.38. The Bertz CT molecular complexity index is 1050. The lowest BCUT2D eigenvalue weighted by atomic mass is 9.85. The van der Waals surface area contributed by atoms with Crippen LogP contribution in [0.1, 0.15) is 31.9 Å². The third kappa shape index (κ3) is 6.12. The molecule has 0 bridgehead atoms. The van der Waals surface area contributed by atoms with Crippen molar-refractivity contribution < 1.29 is 23.0 Å². The zero-order valence-electron chi connectivity index (χ0n) is 18.1. The summed E-state index contributed by atoms with van der Waals surface area (Å²) in [5.74, 6) is -0.0538. The van der Waals surface area contributed by atoms with Gasteiger partial charge in [0.2, 0.25) is 0 Å². The van der Waals surface area contributed by atoms with Gasteiger partial charge in [-0.25, -0.2) is 8.78 Å². The Kier molecular flexibility index (Phi) is 7.99. The van der Waals surface area contributed by atoms with Crippen molar-refractivity contribution in [2.75, 3.05) is 13.2 Å². The molecule has 0 amide bonds. The average Bonchev–Trinajstić information content (AvgIpc) is 2.74. The lowest BCUT2D eigenvalue weighted by molar-refractivity contribution is 0.0823. The summed E-state index contributed by atoms with van der Waals surface area (Å²) < 4.78 is 44.2. The first kappa shape index (κ1) is 24.3. The van der Waals surface area contributed by atoms with E-state index in [2.05, 4.69) is 0 Å². The quantitative estimate of drug-likeness (QED) is 0.310. The smallest absolute Gasteiger partial charge is 0.165 e. The molecule has 7 heteroatoms. The lowest BCUT2D eigenvalue weighted by Crippen LogP contribution is -2.24. The molecular weight excluding hydrogens is 457 g/mol. The van der Waals surface area contributed by atoms with Gasteiger partial charge in [-0.05, 0) is 66.6 Å². The van der Waals surface area contributed by atoms with Crippen LogP contribution in [-0.2, 0) is 16.8 Å². The Morgan fingerprint density at radius 1 is 0.906 bits per heavy atom. The fraction of sp³-hybridized carbons (Fsp3) is 0.280. The molecule has 3 nitrogen and oxygen atoms in total. The molecule has 170 valence electrons. The van der Waals surface area contributed by atoms with E-state index in [0.29, 0.717) is 34.8 Å². The number of hydrogen-bond donors (Lipinski definition) is 0. The zero-order valence-corrected chi connectivity index (χ0v) is 19.6. The van der Waals surface area contributed by atoms with E-state index in [1.807, 2.05) is 32.9 Å². The van der Waals surface area contributed by atoms with Crippen molar-refractivity contribution in [2.24, 2.45) is 0 Å². The minimum absolute atomic E-state index is 0.0436. The molecule has 0 heterocycles. The molecule has 32 heavy (non-hydrogen) atoms. The van der Waals surface area contributed by atoms with Crippen LogP contribution in [0, 0.1) is 11.6 Å². The van der Waals surface area contributed by atoms with Crippen molar-refractivity contribution in [3.05, 3.63) is 87.4 Å². The van der Waals surface area contributed by atoms with Crippen molar-refractivity contribution in [1.82, 2.24) is 0 Å². The first-order chi connectivity index (χ1) is 15.2. The van der Waals surface area contributed by atoms with E-state index in [4.69, 9.17) is 37.4 Å². The van der Waals surface area contributed by atoms with Gasteiger partial charge in [-0.15, -0.1) is 0 Å². The molecule has 0 atom stereocenters. The molecular formula is C25H24Cl2F2O3. The maximum atomic E-state index is 14.2. The van der Waals surface area contributed by atoms with Crippen LogP contribution >= 0.6 is 23.2 Å². The SMILES string of the molecule is CCOc1c(Cl)cc(C(C)(C)COCc2ccc(F)c(Oc3ccc(F)cc3)c2)cc1Cl. The second-order valence-corrected chi connectivity index (χ2v) is 8.71. The van der Waals surface area contributed by atoms with Crippen molar-refractivity contribution in [3.63, 3.8) is 0 Å². The summed E-state index contributed by atoms with van der Waals surface area (Å²) in [6.45, 7) is 6.99. The van der Waals surface area contributed by atoms with Gasteiger partial charge in [0, 0.05) is 5.41 Å². The summed E-state index contributed by atoms with van der Waals surface area (Å²) in [5, 5.41) is 0.895. The summed E-state index contributed by atoms with van der Waals surface area (Å²) >= 11 is 12.7. The molecule has 0 aliphatic carbocycles. The summed E-state index contributed by atoms with van der Waals surface area (Å²) in [7, 11) is 0. The van der Waals surface area contributed by atoms with E-state index in [0.717, 1.165) is 11.1 Å². The fourth-order valence-electron chi connectivity index (χ4n) is 3.09. The van der Waals surface area contributed by atoms with E-state index in [9.17, 15) is 8.78 Å². The Labute approximate surface area is 196 Å². The van der Waals surface area contributed by atoms with Crippen LogP contribution in [0.3, 0.4) is 0 Å². The van der Waals surface area contributed by atoms with Crippen LogP contribution < -0.4 is 9.47 Å². The van der Waals surface area contributed by atoms with E-state index >= 15 is 0 Å². The molecule has 3 aromatic carbocycles. The Hall–Kier alpha value is -2.34. The Morgan fingerprint density at radius 3 is 2.19 bits per heavy atom. The third-order valence-corrected chi connectivity index (χ3v) is 5.40. The molecule has 0 N–H and O–H groups in total. The Balaban J connectivity index is 1.66. The average molecular weight is 481 g/mol. The predicted octanol–water partition coefficient (Wildman–Crippen LogP) is 7.96. The van der Waals surface area contributed by atoms with Gasteiger partial charge in [-0.3, -0.25) is 0 Å². The highest BCUT2D eigenvalue weighted by molar-refractivity contribution is 6.37. The summed E-state index contributed by atoms with van der Waals surface area (Å²) in [6.07, 6.45) is 0. The van der Waals surface area contributed by atoms with Crippen LogP contribution in [0.4, 0.5) is 8.78 Å². The molecule has 0 aliphatic rings. The fourth-order valence-corrected chi connectivity index (χ4v) is 3.68. The highest BCUT2D eigenvalue weighted by Gasteiger charge is 2.24. The van der Waals surface area contributed by atoms with Gasteiger partial charge in [-0.1, -0.05) is 43.1 Å². The molecule has 3 rings (SSSR count). The molecule has 0 spiro atoms. The zero-order chi connectivity index (χ0) is 23.3. The summed E-state index contributed by atoms with van der Waals surface area (Å²) in [6, 6.07) is 13.5. The van der Waals surface area contributed by atoms with E-state index < -0.39 is 11.6 Å². The molecule has 0 aromatic heterocycles. The van der Waals surface area contributed by atoms with Crippen molar-refractivity contribution in [3.8, 4) is 17.2 Å². The normalized spacial score (nSPS) is 11.5. The standard InChI is InChI=1S/C25H24Cl2F2O3/c1-4-31-24-20(26)12-17(13-21(24)27)25(2,3)15-30-14-16-5-10-22(29)23(11-16)32-19-8-6-18(28)7-9-19/h5-13H,4,14-15H2,1-3H3. The minimum Gasteiger partial charge on any atom is -0.491 e. The van der Waals surface area contributed by atoms with Gasteiger partial charge in [0.05, 0.1) is 29.9 Å². The van der Waals surface area contributed by atoms with Crippen LogP contribution in [-0.4, -0.2) is 13.2 Å². The van der Waals surface area contributed by atoms with Crippen LogP contribution in [0.15, 0.2) is 54.6 Å². The number of rotatable bonds is 9. The van der Waals surface area contributed by atoms with E-state index in [1.54, 1.807) is 12.1 Å². The van der Waals surface area contributed by atoms with Crippen LogP contribution in [0.2, 0.25) is 10.0 Å². The van der Waals surface area contributed by atoms with Gasteiger partial charge in [0.15, 0.2) is 17.3 Å². The highest BCUT2D eigenvalue weighted by atomic mass is 35.5. The Morgan fingerprint density at radius 2 is 1.56 bits per heavy atom. The van der Waals surface area contributed by atoms with Crippen molar-refractivity contribution in [1.29, 1.82) is 0 Å². The summed E-state index contributed by atoms with van der Waals surface area (Å²) in [4.78, 5) is 0. The number of ether oxygens (including phenoxy) is 3.